The van der Waals surface area contributed by atoms with Gasteiger partial charge in [-0.05, 0) is 37.8 Å². The largest absolute Gasteiger partial charge is 0.496 e. The highest BCUT2D eigenvalue weighted by molar-refractivity contribution is 5.77. The molecule has 3 nitrogen and oxygen atoms in total. The fourth-order valence-electron chi connectivity index (χ4n) is 3.22. The van der Waals surface area contributed by atoms with Crippen LogP contribution >= 0.6 is 0 Å². The molecule has 1 aromatic rings. The Bertz CT molecular complexity index is 473. The van der Waals surface area contributed by atoms with Crippen molar-refractivity contribution in [2.45, 2.75) is 44.1 Å². The first kappa shape index (κ1) is 11.6. The molecule has 0 saturated heterocycles. The number of hydrogen-bond acceptors (Lipinski definition) is 3. The van der Waals surface area contributed by atoms with E-state index in [1.165, 1.54) is 19.3 Å². The summed E-state index contributed by atoms with van der Waals surface area (Å²) in [4.78, 5) is 10.9. The molecular formula is C15H18O3. The van der Waals surface area contributed by atoms with Gasteiger partial charge >= 0.3 is 0 Å². The molecule has 1 aromatic carbocycles. The standard InChI is InChI=1S/C15H18O3/c1-17-13-7-11(10-16)8-14-12(13)9-15(18-14)5-3-2-4-6-15/h7-8,10H,2-6,9H2,1H3. The molecule has 96 valence electrons. The van der Waals surface area contributed by atoms with E-state index in [9.17, 15) is 4.79 Å². The van der Waals surface area contributed by atoms with Crippen molar-refractivity contribution in [1.29, 1.82) is 0 Å². The minimum Gasteiger partial charge on any atom is -0.496 e. The number of rotatable bonds is 2. The maximum atomic E-state index is 10.9. The maximum absolute atomic E-state index is 10.9. The number of hydrogen-bond donors (Lipinski definition) is 0. The lowest BCUT2D eigenvalue weighted by Gasteiger charge is -2.32. The molecule has 3 rings (SSSR count). The van der Waals surface area contributed by atoms with E-state index in [0.29, 0.717) is 5.56 Å². The number of fused-ring (bicyclic) bond motifs is 1. The summed E-state index contributed by atoms with van der Waals surface area (Å²) >= 11 is 0. The molecule has 0 aromatic heterocycles. The molecule has 1 aliphatic heterocycles. The molecule has 1 spiro atoms. The number of aldehydes is 1. The van der Waals surface area contributed by atoms with E-state index in [2.05, 4.69) is 0 Å². The number of carbonyl (C=O) groups is 1. The summed E-state index contributed by atoms with van der Waals surface area (Å²) < 4.78 is 11.6. The van der Waals surface area contributed by atoms with E-state index in [0.717, 1.165) is 42.6 Å². The Balaban J connectivity index is 1.98. The van der Waals surface area contributed by atoms with Crippen LogP contribution < -0.4 is 9.47 Å². The molecule has 0 bridgehead atoms. The summed E-state index contributed by atoms with van der Waals surface area (Å²) in [5.74, 6) is 1.63. The van der Waals surface area contributed by atoms with E-state index in [-0.39, 0.29) is 5.60 Å². The zero-order chi connectivity index (χ0) is 12.6. The van der Waals surface area contributed by atoms with Gasteiger partial charge in [-0.25, -0.2) is 0 Å². The van der Waals surface area contributed by atoms with Gasteiger partial charge in [-0.2, -0.15) is 0 Å². The lowest BCUT2D eigenvalue weighted by atomic mass is 9.82. The first-order valence-electron chi connectivity index (χ1n) is 6.61. The molecular weight excluding hydrogens is 228 g/mol. The lowest BCUT2D eigenvalue weighted by molar-refractivity contribution is 0.0527. The Labute approximate surface area is 107 Å². The summed E-state index contributed by atoms with van der Waals surface area (Å²) in [6, 6.07) is 3.64. The van der Waals surface area contributed by atoms with Gasteiger partial charge in [0.1, 0.15) is 23.4 Å². The summed E-state index contributed by atoms with van der Waals surface area (Å²) in [5, 5.41) is 0. The van der Waals surface area contributed by atoms with Crippen LogP contribution in [0.25, 0.3) is 0 Å². The molecule has 1 aliphatic carbocycles. The third-order valence-corrected chi connectivity index (χ3v) is 4.14. The lowest BCUT2D eigenvalue weighted by Crippen LogP contribution is -2.36. The van der Waals surface area contributed by atoms with Gasteiger partial charge in [0.2, 0.25) is 0 Å². The summed E-state index contributed by atoms with van der Waals surface area (Å²) in [5.41, 5.74) is 1.72. The van der Waals surface area contributed by atoms with Crippen molar-refractivity contribution in [3.63, 3.8) is 0 Å². The first-order valence-corrected chi connectivity index (χ1v) is 6.61. The van der Waals surface area contributed by atoms with Crippen LogP contribution in [-0.2, 0) is 6.42 Å². The molecule has 1 heterocycles. The highest BCUT2D eigenvalue weighted by Gasteiger charge is 2.41. The van der Waals surface area contributed by atoms with Crippen LogP contribution in [0.15, 0.2) is 12.1 Å². The van der Waals surface area contributed by atoms with Crippen LogP contribution in [0.2, 0.25) is 0 Å². The summed E-state index contributed by atoms with van der Waals surface area (Å²) in [7, 11) is 1.65. The quantitative estimate of drug-likeness (QED) is 0.752. The predicted molar refractivity (Wildman–Crippen MR) is 68.5 cm³/mol. The molecule has 18 heavy (non-hydrogen) atoms. The molecule has 0 atom stereocenters. The first-order chi connectivity index (χ1) is 8.76. The zero-order valence-electron chi connectivity index (χ0n) is 10.7. The van der Waals surface area contributed by atoms with Crippen LogP contribution in [-0.4, -0.2) is 19.0 Å². The fraction of sp³-hybridized carbons (Fsp3) is 0.533. The van der Waals surface area contributed by atoms with Crippen LogP contribution in [0.4, 0.5) is 0 Å². The summed E-state index contributed by atoms with van der Waals surface area (Å²) in [6.45, 7) is 0. The van der Waals surface area contributed by atoms with Gasteiger partial charge in [0, 0.05) is 17.5 Å². The Morgan fingerprint density at radius 1 is 1.28 bits per heavy atom. The van der Waals surface area contributed by atoms with Gasteiger partial charge in [0.15, 0.2) is 0 Å². The van der Waals surface area contributed by atoms with Crippen molar-refractivity contribution in [3.05, 3.63) is 23.3 Å². The highest BCUT2D eigenvalue weighted by atomic mass is 16.5. The van der Waals surface area contributed by atoms with Gasteiger partial charge in [-0.3, -0.25) is 4.79 Å². The van der Waals surface area contributed by atoms with E-state index in [4.69, 9.17) is 9.47 Å². The van der Waals surface area contributed by atoms with Crippen molar-refractivity contribution < 1.29 is 14.3 Å². The van der Waals surface area contributed by atoms with E-state index >= 15 is 0 Å². The van der Waals surface area contributed by atoms with Crippen molar-refractivity contribution >= 4 is 6.29 Å². The number of carbonyl (C=O) groups excluding carboxylic acids is 1. The van der Waals surface area contributed by atoms with Crippen LogP contribution in [0, 0.1) is 0 Å². The second-order valence-corrected chi connectivity index (χ2v) is 5.34. The monoisotopic (exact) mass is 246 g/mol. The Morgan fingerprint density at radius 3 is 2.72 bits per heavy atom. The number of methoxy groups -OCH3 is 1. The molecule has 0 N–H and O–H groups in total. The average Bonchev–Trinajstić information content (AvgIpc) is 2.75. The van der Waals surface area contributed by atoms with Gasteiger partial charge in [0.05, 0.1) is 7.11 Å². The van der Waals surface area contributed by atoms with Gasteiger partial charge in [0.25, 0.3) is 0 Å². The van der Waals surface area contributed by atoms with Gasteiger partial charge in [-0.15, -0.1) is 0 Å². The molecule has 1 fully saturated rings. The van der Waals surface area contributed by atoms with Gasteiger partial charge in [-0.1, -0.05) is 6.42 Å². The topological polar surface area (TPSA) is 35.5 Å². The van der Waals surface area contributed by atoms with E-state index < -0.39 is 0 Å². The Hall–Kier alpha value is -1.51. The average molecular weight is 246 g/mol. The van der Waals surface area contributed by atoms with Gasteiger partial charge < -0.3 is 9.47 Å². The Morgan fingerprint density at radius 2 is 2.06 bits per heavy atom. The summed E-state index contributed by atoms with van der Waals surface area (Å²) in [6.07, 6.45) is 7.76. The van der Waals surface area contributed by atoms with E-state index in [1.807, 2.05) is 6.07 Å². The van der Waals surface area contributed by atoms with Crippen LogP contribution in [0.1, 0.15) is 48.0 Å². The molecule has 0 unspecified atom stereocenters. The fourth-order valence-corrected chi connectivity index (χ4v) is 3.22. The van der Waals surface area contributed by atoms with Crippen molar-refractivity contribution in [2.75, 3.05) is 7.11 Å². The predicted octanol–water partition coefficient (Wildman–Crippen LogP) is 3.15. The number of ether oxygens (including phenoxy) is 2. The van der Waals surface area contributed by atoms with Crippen molar-refractivity contribution in [1.82, 2.24) is 0 Å². The SMILES string of the molecule is COc1cc(C=O)cc2c1CC1(CCCCC1)O2. The minimum atomic E-state index is -0.0324. The third kappa shape index (κ3) is 1.78. The van der Waals surface area contributed by atoms with E-state index in [1.54, 1.807) is 13.2 Å². The molecule has 0 amide bonds. The molecule has 2 aliphatic rings. The zero-order valence-corrected chi connectivity index (χ0v) is 10.7. The highest BCUT2D eigenvalue weighted by Crippen LogP contribution is 2.46. The number of benzene rings is 1. The Kier molecular flexibility index (Phi) is 2.77. The normalized spacial score (nSPS) is 20.3. The maximum Gasteiger partial charge on any atom is 0.150 e. The third-order valence-electron chi connectivity index (χ3n) is 4.14. The van der Waals surface area contributed by atoms with Crippen LogP contribution in [0.3, 0.4) is 0 Å². The molecule has 1 saturated carbocycles. The minimum absolute atomic E-state index is 0.0324. The van der Waals surface area contributed by atoms with Crippen molar-refractivity contribution in [3.8, 4) is 11.5 Å². The second-order valence-electron chi connectivity index (χ2n) is 5.34. The molecule has 0 radical (unpaired) electrons. The second kappa shape index (κ2) is 4.30. The molecule has 3 heteroatoms. The van der Waals surface area contributed by atoms with Crippen molar-refractivity contribution in [2.24, 2.45) is 0 Å². The van der Waals surface area contributed by atoms with Crippen LogP contribution in [0.5, 0.6) is 11.5 Å². The smallest absolute Gasteiger partial charge is 0.150 e.